The van der Waals surface area contributed by atoms with Crippen molar-refractivity contribution in [2.45, 2.75) is 33.6 Å². The van der Waals surface area contributed by atoms with Crippen molar-refractivity contribution < 1.29 is 9.53 Å². The molecule has 7 nitrogen and oxygen atoms in total. The van der Waals surface area contributed by atoms with Crippen LogP contribution in [0.15, 0.2) is 24.3 Å². The van der Waals surface area contributed by atoms with Gasteiger partial charge in [0.15, 0.2) is 11.5 Å². The van der Waals surface area contributed by atoms with E-state index in [0.717, 1.165) is 41.0 Å². The van der Waals surface area contributed by atoms with E-state index in [2.05, 4.69) is 27.4 Å². The molecular formula is C18H23N5O2. The lowest BCUT2D eigenvalue weighted by Crippen LogP contribution is -2.18. The smallest absolute Gasteiger partial charge is 0.250 e. The maximum absolute atomic E-state index is 11.8. The number of carbonyl (C=O) groups is 1. The molecule has 25 heavy (non-hydrogen) atoms. The van der Waals surface area contributed by atoms with Gasteiger partial charge in [0.2, 0.25) is 5.91 Å². The zero-order valence-corrected chi connectivity index (χ0v) is 14.8. The molecule has 7 heteroatoms. The molecule has 2 N–H and O–H groups in total. The van der Waals surface area contributed by atoms with Crippen LogP contribution >= 0.6 is 0 Å². The molecule has 0 saturated heterocycles. The van der Waals surface area contributed by atoms with Gasteiger partial charge in [-0.2, -0.15) is 4.63 Å². The van der Waals surface area contributed by atoms with Gasteiger partial charge in [0.25, 0.3) is 0 Å². The average Bonchev–Trinajstić information content (AvgIpc) is 3.12. The van der Waals surface area contributed by atoms with Crippen molar-refractivity contribution in [3.05, 3.63) is 35.5 Å². The standard InChI is InChI=1S/C18H23N5O2/c1-4-5-10-25-11-16(24)19-15-8-6-14(7-9-15)17-20-18-12(2)13(3)21-23(18)22-17/h6-9,21H,4-5,10-11H2,1-3H3,(H,19,24). The molecule has 0 aliphatic rings. The number of nitrogens with one attached hydrogen (secondary N) is 2. The third-order valence-corrected chi connectivity index (χ3v) is 4.08. The van der Waals surface area contributed by atoms with Crippen LogP contribution in [0.5, 0.6) is 0 Å². The summed E-state index contributed by atoms with van der Waals surface area (Å²) in [4.78, 5) is 16.4. The normalized spacial score (nSPS) is 11.2. The number of rotatable bonds is 7. The molecule has 132 valence electrons. The molecule has 3 aromatic rings. The highest BCUT2D eigenvalue weighted by atomic mass is 16.5. The maximum atomic E-state index is 11.8. The molecule has 2 heterocycles. The van der Waals surface area contributed by atoms with E-state index in [1.807, 2.05) is 38.1 Å². The number of unbranched alkanes of at least 4 members (excludes halogenated alkanes) is 1. The zero-order chi connectivity index (χ0) is 17.8. The summed E-state index contributed by atoms with van der Waals surface area (Å²) in [5, 5.41) is 10.4. The minimum Gasteiger partial charge on any atom is -0.372 e. The Morgan fingerprint density at radius 3 is 2.72 bits per heavy atom. The second-order valence-electron chi connectivity index (χ2n) is 6.06. The molecule has 0 atom stereocenters. The zero-order valence-electron chi connectivity index (χ0n) is 14.8. The molecule has 3 rings (SSSR count). The van der Waals surface area contributed by atoms with E-state index in [1.54, 1.807) is 4.63 Å². The number of hydrogen-bond donors (Lipinski definition) is 2. The second-order valence-corrected chi connectivity index (χ2v) is 6.06. The summed E-state index contributed by atoms with van der Waals surface area (Å²) in [6.45, 7) is 6.79. The van der Waals surface area contributed by atoms with Crippen LogP contribution in [0, 0.1) is 13.8 Å². The Bertz CT molecular complexity index is 864. The van der Waals surface area contributed by atoms with Gasteiger partial charge in [-0.15, -0.1) is 5.10 Å². The molecule has 2 aromatic heterocycles. The minimum atomic E-state index is -0.150. The number of fused-ring (bicyclic) bond motifs is 1. The molecule has 0 radical (unpaired) electrons. The third kappa shape index (κ3) is 3.88. The van der Waals surface area contributed by atoms with E-state index in [9.17, 15) is 4.79 Å². The Morgan fingerprint density at radius 1 is 1.28 bits per heavy atom. The van der Waals surface area contributed by atoms with Crippen LogP contribution in [-0.4, -0.2) is 38.9 Å². The summed E-state index contributed by atoms with van der Waals surface area (Å²) in [5.41, 5.74) is 4.59. The van der Waals surface area contributed by atoms with Crippen LogP contribution in [0.3, 0.4) is 0 Å². The number of aromatic nitrogens is 4. The van der Waals surface area contributed by atoms with Gasteiger partial charge in [0, 0.05) is 29.1 Å². The van der Waals surface area contributed by atoms with E-state index >= 15 is 0 Å². The van der Waals surface area contributed by atoms with Crippen molar-refractivity contribution in [3.63, 3.8) is 0 Å². The molecule has 1 aromatic carbocycles. The molecule has 0 bridgehead atoms. The Morgan fingerprint density at radius 2 is 2.04 bits per heavy atom. The Labute approximate surface area is 146 Å². The fourth-order valence-electron chi connectivity index (χ4n) is 2.48. The fraction of sp³-hybridized carbons (Fsp3) is 0.389. The number of amides is 1. The highest BCUT2D eigenvalue weighted by Gasteiger charge is 2.12. The van der Waals surface area contributed by atoms with Gasteiger partial charge in [0.1, 0.15) is 6.61 Å². The molecule has 1 amide bonds. The summed E-state index contributed by atoms with van der Waals surface area (Å²) < 4.78 is 6.99. The Hall–Kier alpha value is -2.67. The first-order chi connectivity index (χ1) is 12.1. The van der Waals surface area contributed by atoms with E-state index in [1.165, 1.54) is 0 Å². The Balaban J connectivity index is 1.64. The lowest BCUT2D eigenvalue weighted by atomic mass is 10.2. The summed E-state index contributed by atoms with van der Waals surface area (Å²) in [5.74, 6) is 0.499. The number of benzene rings is 1. The number of H-pyrrole nitrogens is 1. The number of anilines is 1. The lowest BCUT2D eigenvalue weighted by molar-refractivity contribution is -0.120. The summed E-state index contributed by atoms with van der Waals surface area (Å²) in [6.07, 6.45) is 2.02. The Kier molecular flexibility index (Phi) is 5.14. The third-order valence-electron chi connectivity index (χ3n) is 4.08. The number of carbonyl (C=O) groups excluding carboxylic acids is 1. The monoisotopic (exact) mass is 341 g/mol. The molecule has 0 saturated carbocycles. The average molecular weight is 341 g/mol. The van der Waals surface area contributed by atoms with Crippen LogP contribution < -0.4 is 5.32 Å². The van der Waals surface area contributed by atoms with Crippen LogP contribution in [0.1, 0.15) is 31.0 Å². The molecule has 0 spiro atoms. The maximum Gasteiger partial charge on any atom is 0.250 e. The van der Waals surface area contributed by atoms with Crippen molar-refractivity contribution in [1.82, 2.24) is 19.8 Å². The number of aromatic amines is 1. The molecular weight excluding hydrogens is 318 g/mol. The van der Waals surface area contributed by atoms with E-state index < -0.39 is 0 Å². The largest absolute Gasteiger partial charge is 0.372 e. The summed E-state index contributed by atoms with van der Waals surface area (Å²) in [7, 11) is 0. The van der Waals surface area contributed by atoms with Crippen molar-refractivity contribution in [1.29, 1.82) is 0 Å². The SMILES string of the molecule is CCCCOCC(=O)Nc1ccc(-c2nc3c(C)c(C)[nH]n3n2)cc1. The first-order valence-electron chi connectivity index (χ1n) is 8.48. The van der Waals surface area contributed by atoms with E-state index in [0.29, 0.717) is 12.4 Å². The topological polar surface area (TPSA) is 84.3 Å². The first kappa shape index (κ1) is 17.2. The number of ether oxygens (including phenoxy) is 1. The van der Waals surface area contributed by atoms with Gasteiger partial charge >= 0.3 is 0 Å². The fourth-order valence-corrected chi connectivity index (χ4v) is 2.48. The van der Waals surface area contributed by atoms with Gasteiger partial charge < -0.3 is 10.1 Å². The minimum absolute atomic E-state index is 0.0771. The van der Waals surface area contributed by atoms with Crippen LogP contribution in [0.25, 0.3) is 17.0 Å². The first-order valence-corrected chi connectivity index (χ1v) is 8.48. The van der Waals surface area contributed by atoms with Gasteiger partial charge in [0.05, 0.1) is 0 Å². The quantitative estimate of drug-likeness (QED) is 0.647. The number of aryl methyl sites for hydroxylation is 2. The van der Waals surface area contributed by atoms with Crippen LogP contribution in [0.2, 0.25) is 0 Å². The molecule has 0 fully saturated rings. The number of nitrogens with zero attached hydrogens (tertiary/aromatic N) is 3. The van der Waals surface area contributed by atoms with Crippen LogP contribution in [-0.2, 0) is 9.53 Å². The van der Waals surface area contributed by atoms with E-state index in [4.69, 9.17) is 4.74 Å². The summed E-state index contributed by atoms with van der Waals surface area (Å²) in [6, 6.07) is 7.47. The van der Waals surface area contributed by atoms with E-state index in [-0.39, 0.29) is 12.5 Å². The van der Waals surface area contributed by atoms with Crippen molar-refractivity contribution in [3.8, 4) is 11.4 Å². The van der Waals surface area contributed by atoms with Crippen molar-refractivity contribution >= 4 is 17.2 Å². The number of hydrogen-bond acceptors (Lipinski definition) is 4. The molecule has 0 aliphatic carbocycles. The predicted molar refractivity (Wildman–Crippen MR) is 96.6 cm³/mol. The highest BCUT2D eigenvalue weighted by Crippen LogP contribution is 2.21. The van der Waals surface area contributed by atoms with Gasteiger partial charge in [-0.25, -0.2) is 4.98 Å². The van der Waals surface area contributed by atoms with Gasteiger partial charge in [-0.1, -0.05) is 13.3 Å². The highest BCUT2D eigenvalue weighted by molar-refractivity contribution is 5.91. The van der Waals surface area contributed by atoms with Crippen molar-refractivity contribution in [2.24, 2.45) is 0 Å². The van der Waals surface area contributed by atoms with Gasteiger partial charge in [-0.05, 0) is 44.5 Å². The molecule has 0 aliphatic heterocycles. The van der Waals surface area contributed by atoms with Gasteiger partial charge in [-0.3, -0.25) is 9.89 Å². The van der Waals surface area contributed by atoms with Crippen LogP contribution in [0.4, 0.5) is 5.69 Å². The predicted octanol–water partition coefficient (Wildman–Crippen LogP) is 3.10. The lowest BCUT2D eigenvalue weighted by Gasteiger charge is -2.06. The second kappa shape index (κ2) is 7.48. The van der Waals surface area contributed by atoms with Crippen molar-refractivity contribution in [2.75, 3.05) is 18.5 Å². The summed E-state index contributed by atoms with van der Waals surface area (Å²) >= 11 is 0. The molecule has 0 unspecified atom stereocenters.